The molecule has 7 heteroatoms. The van der Waals surface area contributed by atoms with E-state index in [2.05, 4.69) is 15.5 Å². The Bertz CT molecular complexity index is 305. The van der Waals surface area contributed by atoms with Gasteiger partial charge in [0.1, 0.15) is 0 Å². The summed E-state index contributed by atoms with van der Waals surface area (Å²) in [7, 11) is 0. The molecule has 1 fully saturated rings. The molecule has 0 atom stereocenters. The van der Waals surface area contributed by atoms with Crippen LogP contribution in [-0.4, -0.2) is 45.1 Å². The van der Waals surface area contributed by atoms with Crippen molar-refractivity contribution in [3.05, 3.63) is 0 Å². The predicted molar refractivity (Wildman–Crippen MR) is 58.4 cm³/mol. The van der Waals surface area contributed by atoms with Gasteiger partial charge in [-0.25, -0.2) is 4.68 Å². The maximum Gasteiger partial charge on any atom is 0.209 e. The second kappa shape index (κ2) is 5.67. The highest BCUT2D eigenvalue weighted by Crippen LogP contribution is 2.36. The Balaban J connectivity index is 1.70. The number of alkyl halides is 1. The maximum absolute atomic E-state index is 5.49. The summed E-state index contributed by atoms with van der Waals surface area (Å²) in [5, 5.41) is 12.5. The fourth-order valence-electron chi connectivity index (χ4n) is 1.18. The maximum atomic E-state index is 5.49. The Labute approximate surface area is 97.5 Å². The first-order valence-electron chi connectivity index (χ1n) is 4.96. The number of rotatable bonds is 7. The average molecular weight is 249 g/mol. The molecule has 84 valence electrons. The third-order valence-electron chi connectivity index (χ3n) is 2.04. The summed E-state index contributed by atoms with van der Waals surface area (Å²) in [6.07, 6.45) is 2.39. The van der Waals surface area contributed by atoms with Crippen LogP contribution in [0.2, 0.25) is 0 Å². The fraction of sp³-hybridized carbons (Fsp3) is 0.875. The topological polar surface area (TPSA) is 52.8 Å². The smallest absolute Gasteiger partial charge is 0.209 e. The van der Waals surface area contributed by atoms with Gasteiger partial charge in [-0.15, -0.1) is 16.7 Å². The minimum absolute atomic E-state index is 0.534. The van der Waals surface area contributed by atoms with Crippen LogP contribution >= 0.6 is 23.4 Å². The molecule has 0 radical (unpaired) electrons. The van der Waals surface area contributed by atoms with Gasteiger partial charge in [0.15, 0.2) is 0 Å². The van der Waals surface area contributed by atoms with Gasteiger partial charge in [0.25, 0.3) is 0 Å². The molecule has 1 aromatic heterocycles. The van der Waals surface area contributed by atoms with Gasteiger partial charge in [0.05, 0.1) is 19.3 Å². The highest BCUT2D eigenvalue weighted by Gasteiger charge is 2.27. The molecule has 1 aromatic rings. The Hall–Kier alpha value is -0.330. The van der Waals surface area contributed by atoms with E-state index in [0.717, 1.165) is 10.9 Å². The minimum atomic E-state index is 0.534. The zero-order valence-electron chi connectivity index (χ0n) is 8.30. The molecule has 0 aromatic carbocycles. The van der Waals surface area contributed by atoms with Gasteiger partial charge in [-0.05, 0) is 23.3 Å². The summed E-state index contributed by atoms with van der Waals surface area (Å²) < 4.78 is 7.18. The van der Waals surface area contributed by atoms with E-state index >= 15 is 0 Å². The zero-order chi connectivity index (χ0) is 10.5. The minimum Gasteiger partial charge on any atom is -0.379 e. The van der Waals surface area contributed by atoms with Crippen LogP contribution in [-0.2, 0) is 4.74 Å². The zero-order valence-corrected chi connectivity index (χ0v) is 9.88. The Morgan fingerprint density at radius 3 is 3.07 bits per heavy atom. The standard InChI is InChI=1S/C8H13ClN4OS/c9-3-4-14-5-6-15-8-10-11-12-13(8)7-1-2-7/h7H,1-6H2. The Kier molecular flexibility index (Phi) is 4.22. The molecule has 0 N–H and O–H groups in total. The van der Waals surface area contributed by atoms with E-state index in [4.69, 9.17) is 16.3 Å². The lowest BCUT2D eigenvalue weighted by atomic mass is 10.7. The highest BCUT2D eigenvalue weighted by atomic mass is 35.5. The SMILES string of the molecule is ClCCOCCSc1nnnn1C1CC1. The van der Waals surface area contributed by atoms with Crippen molar-refractivity contribution in [1.82, 2.24) is 20.2 Å². The van der Waals surface area contributed by atoms with Crippen molar-refractivity contribution in [2.75, 3.05) is 24.8 Å². The molecule has 2 rings (SSSR count). The third-order valence-corrected chi connectivity index (χ3v) is 3.09. The number of hydrogen-bond donors (Lipinski definition) is 0. The normalized spacial score (nSPS) is 15.8. The van der Waals surface area contributed by atoms with Crippen LogP contribution in [0.3, 0.4) is 0 Å². The summed E-state index contributed by atoms with van der Waals surface area (Å²) in [6.45, 7) is 1.30. The second-order valence-electron chi connectivity index (χ2n) is 3.29. The van der Waals surface area contributed by atoms with Gasteiger partial charge in [-0.3, -0.25) is 0 Å². The summed E-state index contributed by atoms with van der Waals surface area (Å²) in [5.74, 6) is 1.41. The first-order chi connectivity index (χ1) is 7.42. The predicted octanol–water partition coefficient (Wildman–Crippen LogP) is 1.36. The van der Waals surface area contributed by atoms with E-state index in [1.54, 1.807) is 11.8 Å². The van der Waals surface area contributed by atoms with Crippen LogP contribution in [0.25, 0.3) is 0 Å². The summed E-state index contributed by atoms with van der Waals surface area (Å²) >= 11 is 7.12. The second-order valence-corrected chi connectivity index (χ2v) is 4.73. The van der Waals surface area contributed by atoms with Crippen molar-refractivity contribution >= 4 is 23.4 Å². The first kappa shape index (κ1) is 11.2. The van der Waals surface area contributed by atoms with Crippen LogP contribution in [0, 0.1) is 0 Å². The van der Waals surface area contributed by atoms with Crippen LogP contribution in [0.5, 0.6) is 0 Å². The molecule has 15 heavy (non-hydrogen) atoms. The van der Waals surface area contributed by atoms with E-state index in [-0.39, 0.29) is 0 Å². The van der Waals surface area contributed by atoms with Crippen molar-refractivity contribution in [2.24, 2.45) is 0 Å². The molecule has 0 unspecified atom stereocenters. The van der Waals surface area contributed by atoms with Gasteiger partial charge >= 0.3 is 0 Å². The van der Waals surface area contributed by atoms with Crippen molar-refractivity contribution in [3.63, 3.8) is 0 Å². The number of halogens is 1. The number of ether oxygens (including phenoxy) is 1. The molecule has 1 aliphatic rings. The lowest BCUT2D eigenvalue weighted by Crippen LogP contribution is -2.03. The Morgan fingerprint density at radius 2 is 2.33 bits per heavy atom. The van der Waals surface area contributed by atoms with Gasteiger partial charge in [0, 0.05) is 11.6 Å². The van der Waals surface area contributed by atoms with Crippen LogP contribution in [0.4, 0.5) is 0 Å². The molecule has 5 nitrogen and oxygen atoms in total. The molecule has 0 saturated heterocycles. The largest absolute Gasteiger partial charge is 0.379 e. The van der Waals surface area contributed by atoms with Crippen LogP contribution in [0.1, 0.15) is 18.9 Å². The Morgan fingerprint density at radius 1 is 1.47 bits per heavy atom. The average Bonchev–Trinajstić information content (AvgIpc) is 2.99. The third kappa shape index (κ3) is 3.32. The van der Waals surface area contributed by atoms with E-state index in [0.29, 0.717) is 25.1 Å². The molecule has 1 saturated carbocycles. The van der Waals surface area contributed by atoms with Crippen LogP contribution < -0.4 is 0 Å². The van der Waals surface area contributed by atoms with Crippen molar-refractivity contribution in [1.29, 1.82) is 0 Å². The molecule has 1 aliphatic carbocycles. The van der Waals surface area contributed by atoms with Gasteiger partial charge < -0.3 is 4.74 Å². The number of aromatic nitrogens is 4. The summed E-state index contributed by atoms with van der Waals surface area (Å²) in [5.41, 5.74) is 0. The van der Waals surface area contributed by atoms with Gasteiger partial charge in [-0.2, -0.15) is 0 Å². The van der Waals surface area contributed by atoms with Gasteiger partial charge in [-0.1, -0.05) is 11.8 Å². The number of thioether (sulfide) groups is 1. The van der Waals surface area contributed by atoms with Crippen molar-refractivity contribution < 1.29 is 4.74 Å². The van der Waals surface area contributed by atoms with E-state index < -0.39 is 0 Å². The van der Waals surface area contributed by atoms with Crippen molar-refractivity contribution in [3.8, 4) is 0 Å². The molecular formula is C8H13ClN4OS. The summed E-state index contributed by atoms with van der Waals surface area (Å²) in [4.78, 5) is 0. The van der Waals surface area contributed by atoms with E-state index in [1.165, 1.54) is 12.8 Å². The molecule has 0 spiro atoms. The number of tetrazole rings is 1. The van der Waals surface area contributed by atoms with Gasteiger partial charge in [0.2, 0.25) is 5.16 Å². The molecule has 0 bridgehead atoms. The summed E-state index contributed by atoms with van der Waals surface area (Å²) in [6, 6.07) is 0.534. The first-order valence-corrected chi connectivity index (χ1v) is 6.48. The molecule has 1 heterocycles. The molecule has 0 amide bonds. The van der Waals surface area contributed by atoms with E-state index in [9.17, 15) is 0 Å². The van der Waals surface area contributed by atoms with Crippen molar-refractivity contribution in [2.45, 2.75) is 24.0 Å². The van der Waals surface area contributed by atoms with Crippen LogP contribution in [0.15, 0.2) is 5.16 Å². The lowest BCUT2D eigenvalue weighted by Gasteiger charge is -2.02. The molecule has 0 aliphatic heterocycles. The fourth-order valence-corrected chi connectivity index (χ4v) is 2.08. The highest BCUT2D eigenvalue weighted by molar-refractivity contribution is 7.99. The quantitative estimate of drug-likeness (QED) is 0.414. The lowest BCUT2D eigenvalue weighted by molar-refractivity contribution is 0.166. The number of nitrogens with zero attached hydrogens (tertiary/aromatic N) is 4. The molecular weight excluding hydrogens is 236 g/mol. The number of hydrogen-bond acceptors (Lipinski definition) is 5. The monoisotopic (exact) mass is 248 g/mol. The van der Waals surface area contributed by atoms with E-state index in [1.807, 2.05) is 4.68 Å².